The first-order chi connectivity index (χ1) is 14.3. The third-order valence-corrected chi connectivity index (χ3v) is 6.58. The Kier molecular flexibility index (Phi) is 6.26. The van der Waals surface area contributed by atoms with Crippen molar-refractivity contribution in [3.8, 4) is 11.5 Å². The van der Waals surface area contributed by atoms with Crippen LogP contribution in [0.4, 0.5) is 0 Å². The third kappa shape index (κ3) is 4.75. The number of carbonyl (C=O) groups excluding carboxylic acids is 1. The summed E-state index contributed by atoms with van der Waals surface area (Å²) in [7, 11) is 2.14. The number of benzene rings is 1. The summed E-state index contributed by atoms with van der Waals surface area (Å²) in [6.07, 6.45) is 3.63. The molecule has 0 spiro atoms. The summed E-state index contributed by atoms with van der Waals surface area (Å²) in [6.45, 7) is 10.3. The zero-order valence-corrected chi connectivity index (χ0v) is 18.9. The van der Waals surface area contributed by atoms with E-state index in [0.29, 0.717) is 12.3 Å². The Hall–Kier alpha value is -1.79. The molecule has 0 N–H and O–H groups in total. The van der Waals surface area contributed by atoms with Gasteiger partial charge in [-0.25, -0.2) is 0 Å². The molecular formula is C24H36N2O4. The van der Waals surface area contributed by atoms with Crippen LogP contribution in [-0.4, -0.2) is 73.9 Å². The zero-order valence-electron chi connectivity index (χ0n) is 18.9. The molecule has 0 aromatic heterocycles. The van der Waals surface area contributed by atoms with E-state index in [1.54, 1.807) is 0 Å². The van der Waals surface area contributed by atoms with E-state index in [0.717, 1.165) is 51.1 Å². The van der Waals surface area contributed by atoms with Crippen molar-refractivity contribution in [2.24, 2.45) is 0 Å². The average Bonchev–Trinajstić information content (AvgIpc) is 3.24. The summed E-state index contributed by atoms with van der Waals surface area (Å²) in [4.78, 5) is 17.9. The van der Waals surface area contributed by atoms with Gasteiger partial charge < -0.3 is 24.0 Å². The Morgan fingerprint density at radius 3 is 2.60 bits per heavy atom. The lowest BCUT2D eigenvalue weighted by atomic mass is 9.87. The quantitative estimate of drug-likeness (QED) is 0.754. The van der Waals surface area contributed by atoms with Crippen LogP contribution in [0.25, 0.3) is 0 Å². The lowest BCUT2D eigenvalue weighted by Gasteiger charge is -2.40. The Morgan fingerprint density at radius 2 is 1.93 bits per heavy atom. The van der Waals surface area contributed by atoms with E-state index in [1.807, 2.05) is 17.0 Å². The molecule has 1 amide bonds. The molecule has 2 atom stereocenters. The molecule has 3 aliphatic rings. The summed E-state index contributed by atoms with van der Waals surface area (Å²) >= 11 is 0. The standard InChI is InChI=1S/C24H36N2O4/c1-24(2,3)17-7-8-20-21(14-17)29-16-22(30-20)23(27)26(15-19-6-5-13-28-19)18-9-11-25(4)12-10-18/h7-8,14,18-19,22H,5-6,9-13,15-16H2,1-4H3. The van der Waals surface area contributed by atoms with E-state index in [9.17, 15) is 4.79 Å². The highest BCUT2D eigenvalue weighted by Gasteiger charge is 2.37. The minimum absolute atomic E-state index is 0.0330. The van der Waals surface area contributed by atoms with Crippen LogP contribution >= 0.6 is 0 Å². The molecule has 30 heavy (non-hydrogen) atoms. The molecule has 4 rings (SSSR count). The number of nitrogens with zero attached hydrogens (tertiary/aromatic N) is 2. The molecule has 2 saturated heterocycles. The van der Waals surface area contributed by atoms with E-state index in [4.69, 9.17) is 14.2 Å². The van der Waals surface area contributed by atoms with Crippen LogP contribution < -0.4 is 9.47 Å². The first-order valence-corrected chi connectivity index (χ1v) is 11.4. The molecule has 166 valence electrons. The van der Waals surface area contributed by atoms with Crippen LogP contribution in [0, 0.1) is 0 Å². The van der Waals surface area contributed by atoms with Gasteiger partial charge in [0.15, 0.2) is 11.5 Å². The SMILES string of the molecule is CN1CCC(N(CC2CCCO2)C(=O)C2COc3cc(C(C)(C)C)ccc3O2)CC1. The monoisotopic (exact) mass is 416 g/mol. The van der Waals surface area contributed by atoms with Crippen molar-refractivity contribution in [3.63, 3.8) is 0 Å². The van der Waals surface area contributed by atoms with Gasteiger partial charge in [0.05, 0.1) is 6.10 Å². The van der Waals surface area contributed by atoms with E-state index < -0.39 is 6.10 Å². The highest BCUT2D eigenvalue weighted by Crippen LogP contribution is 2.36. The summed E-state index contributed by atoms with van der Waals surface area (Å²) in [6, 6.07) is 6.29. The Labute approximate surface area is 180 Å². The summed E-state index contributed by atoms with van der Waals surface area (Å²) in [5.74, 6) is 1.43. The van der Waals surface area contributed by atoms with Gasteiger partial charge >= 0.3 is 0 Å². The van der Waals surface area contributed by atoms with Gasteiger partial charge in [0, 0.05) is 19.2 Å². The van der Waals surface area contributed by atoms with Crippen molar-refractivity contribution < 1.29 is 19.0 Å². The van der Waals surface area contributed by atoms with Gasteiger partial charge in [0.25, 0.3) is 5.91 Å². The second-order valence-electron chi connectivity index (χ2n) is 9.99. The van der Waals surface area contributed by atoms with Gasteiger partial charge in [-0.15, -0.1) is 0 Å². The first kappa shape index (κ1) is 21.4. The van der Waals surface area contributed by atoms with Crippen LogP contribution in [-0.2, 0) is 14.9 Å². The molecule has 6 heteroatoms. The molecule has 0 saturated carbocycles. The first-order valence-electron chi connectivity index (χ1n) is 11.4. The highest BCUT2D eigenvalue weighted by atomic mass is 16.6. The molecule has 6 nitrogen and oxygen atoms in total. The fourth-order valence-electron chi connectivity index (χ4n) is 4.58. The highest BCUT2D eigenvalue weighted by molar-refractivity contribution is 5.82. The zero-order chi connectivity index (χ0) is 21.3. The van der Waals surface area contributed by atoms with Gasteiger partial charge in [-0.1, -0.05) is 26.8 Å². The Morgan fingerprint density at radius 1 is 1.17 bits per heavy atom. The van der Waals surface area contributed by atoms with E-state index >= 15 is 0 Å². The molecule has 3 heterocycles. The number of rotatable bonds is 4. The normalized spacial score (nSPS) is 25.3. The number of hydrogen-bond donors (Lipinski definition) is 0. The van der Waals surface area contributed by atoms with Crippen molar-refractivity contribution in [3.05, 3.63) is 23.8 Å². The predicted molar refractivity (Wildman–Crippen MR) is 116 cm³/mol. The van der Waals surface area contributed by atoms with Gasteiger partial charge in [-0.05, 0) is 68.9 Å². The summed E-state index contributed by atoms with van der Waals surface area (Å²) < 4.78 is 18.0. The number of ether oxygens (including phenoxy) is 3. The van der Waals surface area contributed by atoms with E-state index in [-0.39, 0.29) is 30.1 Å². The van der Waals surface area contributed by atoms with Gasteiger partial charge in [-0.2, -0.15) is 0 Å². The van der Waals surface area contributed by atoms with Crippen molar-refractivity contribution in [2.75, 3.05) is 39.9 Å². The van der Waals surface area contributed by atoms with Crippen molar-refractivity contribution in [1.29, 1.82) is 0 Å². The van der Waals surface area contributed by atoms with Crippen LogP contribution in [0.2, 0.25) is 0 Å². The molecule has 2 fully saturated rings. The van der Waals surface area contributed by atoms with Gasteiger partial charge in [0.1, 0.15) is 6.61 Å². The van der Waals surface area contributed by atoms with Crippen molar-refractivity contribution in [2.45, 2.75) is 70.1 Å². The second-order valence-corrected chi connectivity index (χ2v) is 9.99. The molecule has 0 bridgehead atoms. The summed E-state index contributed by atoms with van der Waals surface area (Å²) in [5.41, 5.74) is 1.23. The number of carbonyl (C=O) groups is 1. The maximum absolute atomic E-state index is 13.6. The van der Waals surface area contributed by atoms with Crippen LogP contribution in [0.5, 0.6) is 11.5 Å². The Bertz CT molecular complexity index is 746. The number of likely N-dealkylation sites (tertiary alicyclic amines) is 1. The van der Waals surface area contributed by atoms with Crippen LogP contribution in [0.15, 0.2) is 18.2 Å². The number of amides is 1. The smallest absolute Gasteiger partial charge is 0.267 e. The topological polar surface area (TPSA) is 51.2 Å². The third-order valence-electron chi connectivity index (χ3n) is 6.58. The Balaban J connectivity index is 1.48. The van der Waals surface area contributed by atoms with Gasteiger partial charge in [0.2, 0.25) is 6.10 Å². The minimum atomic E-state index is -0.598. The maximum Gasteiger partial charge on any atom is 0.267 e. The fourth-order valence-corrected chi connectivity index (χ4v) is 4.58. The summed E-state index contributed by atoms with van der Waals surface area (Å²) in [5, 5.41) is 0. The predicted octanol–water partition coefficient (Wildman–Crippen LogP) is 3.23. The molecule has 2 unspecified atom stereocenters. The lowest BCUT2D eigenvalue weighted by molar-refractivity contribution is -0.146. The van der Waals surface area contributed by atoms with E-state index in [1.165, 1.54) is 5.56 Å². The van der Waals surface area contributed by atoms with Crippen molar-refractivity contribution in [1.82, 2.24) is 9.80 Å². The van der Waals surface area contributed by atoms with E-state index in [2.05, 4.69) is 38.8 Å². The molecule has 0 radical (unpaired) electrons. The molecule has 1 aromatic rings. The minimum Gasteiger partial charge on any atom is -0.485 e. The maximum atomic E-state index is 13.6. The molecular weight excluding hydrogens is 380 g/mol. The molecule has 3 aliphatic heterocycles. The largest absolute Gasteiger partial charge is 0.485 e. The average molecular weight is 417 g/mol. The van der Waals surface area contributed by atoms with Crippen molar-refractivity contribution >= 4 is 5.91 Å². The number of hydrogen-bond acceptors (Lipinski definition) is 5. The fraction of sp³-hybridized carbons (Fsp3) is 0.708. The number of piperidine rings is 1. The second kappa shape index (κ2) is 8.75. The number of fused-ring (bicyclic) bond motifs is 1. The van der Waals surface area contributed by atoms with Crippen LogP contribution in [0.1, 0.15) is 52.0 Å². The lowest BCUT2D eigenvalue weighted by Crippen LogP contribution is -2.54. The molecule has 0 aliphatic carbocycles. The van der Waals surface area contributed by atoms with Crippen LogP contribution in [0.3, 0.4) is 0 Å². The molecule has 1 aromatic carbocycles. The van der Waals surface area contributed by atoms with Gasteiger partial charge in [-0.3, -0.25) is 4.79 Å².